The number of hydrogen-bond donors (Lipinski definition) is 0. The maximum absolute atomic E-state index is 2.55. The monoisotopic (exact) mass is 916 g/mol. The third kappa shape index (κ3) is 6.77. The molecule has 0 amide bonds. The van der Waals surface area contributed by atoms with Gasteiger partial charge in [-0.2, -0.15) is 0 Å². The van der Waals surface area contributed by atoms with Crippen LogP contribution in [0.5, 0.6) is 0 Å². The molecular weight excluding hydrogens is 868 g/mol. The highest BCUT2D eigenvalue weighted by Crippen LogP contribution is 2.49. The molecule has 0 saturated carbocycles. The molecule has 0 N–H and O–H groups in total. The first-order chi connectivity index (χ1) is 33.7. The summed E-state index contributed by atoms with van der Waals surface area (Å²) in [5.74, 6) is 0. The van der Waals surface area contributed by atoms with E-state index in [0.29, 0.717) is 0 Å². The number of rotatable bonds is 7. The summed E-state index contributed by atoms with van der Waals surface area (Å²) in [6, 6.07) is 84.5. The SMILES string of the molecule is CC(C)(c1ccccc1)c1ccc2c(c1)B1c3cc(C(C)(C)c4ccccc4)ccc3Sc3cc(-c4c5ccccc5c(-c5ccc(-c6ccccc6)c6ccccc56)c5ccccc45)cc(c31)S2. The van der Waals surface area contributed by atoms with Gasteiger partial charge in [-0.1, -0.05) is 262 Å². The lowest BCUT2D eigenvalue weighted by molar-refractivity contribution is 0.640. The van der Waals surface area contributed by atoms with E-state index in [2.05, 4.69) is 252 Å². The van der Waals surface area contributed by atoms with Gasteiger partial charge < -0.3 is 0 Å². The van der Waals surface area contributed by atoms with Crippen LogP contribution in [-0.4, -0.2) is 6.71 Å². The maximum atomic E-state index is 2.55. The molecule has 0 unspecified atom stereocenters. The van der Waals surface area contributed by atoms with Crippen LogP contribution in [0.25, 0.3) is 65.7 Å². The van der Waals surface area contributed by atoms with Gasteiger partial charge in [0.2, 0.25) is 6.71 Å². The van der Waals surface area contributed by atoms with Crippen molar-refractivity contribution in [2.75, 3.05) is 0 Å². The van der Waals surface area contributed by atoms with Crippen molar-refractivity contribution >= 4 is 78.9 Å². The van der Waals surface area contributed by atoms with Crippen LogP contribution >= 0.6 is 23.5 Å². The summed E-state index contributed by atoms with van der Waals surface area (Å²) in [6.45, 7) is 9.59. The minimum Gasteiger partial charge on any atom is -0.0911 e. The molecule has 0 aromatic heterocycles. The fourth-order valence-corrected chi connectivity index (χ4v) is 14.0. The van der Waals surface area contributed by atoms with Crippen LogP contribution in [-0.2, 0) is 10.8 Å². The summed E-state index contributed by atoms with van der Waals surface area (Å²) >= 11 is 3.91. The molecule has 0 aliphatic carbocycles. The van der Waals surface area contributed by atoms with Gasteiger partial charge in [0.1, 0.15) is 0 Å². The van der Waals surface area contributed by atoms with Gasteiger partial charge in [0.05, 0.1) is 0 Å². The van der Waals surface area contributed by atoms with Crippen LogP contribution in [0.4, 0.5) is 0 Å². The van der Waals surface area contributed by atoms with Gasteiger partial charge in [0, 0.05) is 30.4 Å². The Labute approximate surface area is 414 Å². The zero-order valence-electron chi connectivity index (χ0n) is 39.3. The van der Waals surface area contributed by atoms with Crippen molar-refractivity contribution in [3.8, 4) is 33.4 Å². The molecular formula is C66H49BS2. The van der Waals surface area contributed by atoms with E-state index in [-0.39, 0.29) is 17.5 Å². The Morgan fingerprint density at radius 2 is 0.696 bits per heavy atom. The predicted molar refractivity (Wildman–Crippen MR) is 298 cm³/mol. The van der Waals surface area contributed by atoms with Crippen LogP contribution in [0, 0.1) is 0 Å². The summed E-state index contributed by atoms with van der Waals surface area (Å²) in [5.41, 5.74) is 16.9. The highest BCUT2D eigenvalue weighted by atomic mass is 32.2. The fourth-order valence-electron chi connectivity index (χ4n) is 11.6. The zero-order valence-corrected chi connectivity index (χ0v) is 40.9. The molecule has 69 heavy (non-hydrogen) atoms. The Morgan fingerprint density at radius 1 is 0.304 bits per heavy atom. The average Bonchev–Trinajstić information content (AvgIpc) is 3.40. The third-order valence-electron chi connectivity index (χ3n) is 15.4. The molecule has 0 bridgehead atoms. The quantitative estimate of drug-likeness (QED) is 0.115. The number of hydrogen-bond acceptors (Lipinski definition) is 2. The lowest BCUT2D eigenvalue weighted by Crippen LogP contribution is -2.58. The molecule has 3 heteroatoms. The topological polar surface area (TPSA) is 0 Å². The van der Waals surface area contributed by atoms with Crippen molar-refractivity contribution in [1.82, 2.24) is 0 Å². The van der Waals surface area contributed by atoms with E-state index < -0.39 is 0 Å². The third-order valence-corrected chi connectivity index (χ3v) is 17.7. The van der Waals surface area contributed by atoms with E-state index in [4.69, 9.17) is 0 Å². The van der Waals surface area contributed by atoms with Gasteiger partial charge in [-0.15, -0.1) is 0 Å². The Balaban J connectivity index is 1.02. The fraction of sp³-hybridized carbons (Fsp3) is 0.0909. The minimum atomic E-state index is -0.165. The van der Waals surface area contributed by atoms with Gasteiger partial charge in [-0.25, -0.2) is 0 Å². The van der Waals surface area contributed by atoms with E-state index in [1.807, 2.05) is 23.5 Å². The van der Waals surface area contributed by atoms with E-state index in [0.717, 1.165) is 0 Å². The van der Waals surface area contributed by atoms with Crippen LogP contribution in [0.1, 0.15) is 49.9 Å². The smallest absolute Gasteiger partial charge is 0.0911 e. The minimum absolute atomic E-state index is 0.0950. The van der Waals surface area contributed by atoms with Crippen LogP contribution < -0.4 is 16.4 Å². The highest BCUT2D eigenvalue weighted by molar-refractivity contribution is 8.01. The number of benzene rings is 11. The first-order valence-electron chi connectivity index (χ1n) is 24.2. The first-order valence-corrected chi connectivity index (χ1v) is 25.8. The number of fused-ring (bicyclic) bond motifs is 7. The standard InChI is InChI=1S/C66H49BS2/c1-65(2,44-22-10-6-11-23-44)46-32-36-58-56(40-46)67-57-41-47(66(3,4)45-24-12-7-13-25-45)33-37-59(57)69-61-39-43(38-60(68-58)64(61)67)62-51-28-16-18-30-53(51)63(54-31-19-17-29-52(54)62)55-35-34-48(42-20-8-5-9-21-42)49-26-14-15-27-50(49)55/h5-41H,1-4H3. The normalized spacial score (nSPS) is 13.1. The van der Waals surface area contributed by atoms with E-state index in [1.54, 1.807) is 0 Å². The molecule has 11 aromatic rings. The summed E-state index contributed by atoms with van der Waals surface area (Å²) in [5, 5.41) is 7.62. The molecule has 11 aromatic carbocycles. The predicted octanol–water partition coefficient (Wildman–Crippen LogP) is 16.2. The van der Waals surface area contributed by atoms with Gasteiger partial charge in [0.15, 0.2) is 0 Å². The van der Waals surface area contributed by atoms with Crippen molar-refractivity contribution in [1.29, 1.82) is 0 Å². The van der Waals surface area contributed by atoms with Crippen molar-refractivity contribution in [2.45, 2.75) is 58.1 Å². The molecule has 0 saturated heterocycles. The molecule has 2 aliphatic rings. The Kier molecular flexibility index (Phi) is 9.95. The Hall–Kier alpha value is -7.04. The summed E-state index contributed by atoms with van der Waals surface area (Å²) in [4.78, 5) is 5.37. The summed E-state index contributed by atoms with van der Waals surface area (Å²) in [6.07, 6.45) is 0. The largest absolute Gasteiger partial charge is 0.247 e. The maximum Gasteiger partial charge on any atom is 0.247 e. The molecule has 13 rings (SSSR count). The molecule has 2 heterocycles. The second-order valence-electron chi connectivity index (χ2n) is 19.9. The van der Waals surface area contributed by atoms with Crippen LogP contribution in [0.15, 0.2) is 244 Å². The molecule has 0 radical (unpaired) electrons. The van der Waals surface area contributed by atoms with E-state index in [1.165, 1.54) is 124 Å². The molecule has 0 fully saturated rings. The summed E-state index contributed by atoms with van der Waals surface area (Å²) < 4.78 is 0. The van der Waals surface area contributed by atoms with Gasteiger partial charge in [0.25, 0.3) is 0 Å². The van der Waals surface area contributed by atoms with E-state index in [9.17, 15) is 0 Å². The van der Waals surface area contributed by atoms with E-state index >= 15 is 0 Å². The van der Waals surface area contributed by atoms with Crippen LogP contribution in [0.2, 0.25) is 0 Å². The zero-order chi connectivity index (χ0) is 46.4. The lowest BCUT2D eigenvalue weighted by atomic mass is 9.36. The lowest BCUT2D eigenvalue weighted by Gasteiger charge is -2.36. The van der Waals surface area contributed by atoms with Crippen molar-refractivity contribution in [3.05, 3.63) is 247 Å². The van der Waals surface area contributed by atoms with Crippen molar-refractivity contribution in [3.63, 3.8) is 0 Å². The molecule has 2 aliphatic heterocycles. The molecule has 0 nitrogen and oxygen atoms in total. The average molecular weight is 917 g/mol. The Morgan fingerprint density at radius 3 is 1.17 bits per heavy atom. The van der Waals surface area contributed by atoms with Crippen LogP contribution in [0.3, 0.4) is 0 Å². The van der Waals surface area contributed by atoms with Gasteiger partial charge >= 0.3 is 0 Å². The van der Waals surface area contributed by atoms with Gasteiger partial charge in [-0.05, 0) is 118 Å². The highest BCUT2D eigenvalue weighted by Gasteiger charge is 2.40. The second-order valence-corrected chi connectivity index (χ2v) is 22.1. The molecule has 0 spiro atoms. The summed E-state index contributed by atoms with van der Waals surface area (Å²) in [7, 11) is 0. The molecule has 328 valence electrons. The van der Waals surface area contributed by atoms with Crippen molar-refractivity contribution in [2.24, 2.45) is 0 Å². The first kappa shape index (κ1) is 42.1. The second kappa shape index (κ2) is 16.3. The molecule has 0 atom stereocenters. The van der Waals surface area contributed by atoms with Crippen molar-refractivity contribution < 1.29 is 0 Å². The Bertz CT molecular complexity index is 3650. The van der Waals surface area contributed by atoms with Gasteiger partial charge in [-0.3, -0.25) is 0 Å².